The average molecular weight is 593 g/mol. The quantitative estimate of drug-likeness (QED) is 0.187. The summed E-state index contributed by atoms with van der Waals surface area (Å²) < 4.78 is 18.6. The van der Waals surface area contributed by atoms with Crippen molar-refractivity contribution in [3.05, 3.63) is 70.3 Å². The molecule has 0 aliphatic carbocycles. The summed E-state index contributed by atoms with van der Waals surface area (Å²) in [6.07, 6.45) is 1.21. The van der Waals surface area contributed by atoms with Crippen LogP contribution in [0.2, 0.25) is 0 Å². The monoisotopic (exact) mass is 592 g/mol. The zero-order chi connectivity index (χ0) is 29.5. The first-order valence-electron chi connectivity index (χ1n) is 14.1. The molecule has 0 saturated carbocycles. The largest absolute Gasteiger partial charge is 0.494 e. The number of fused-ring (bicyclic) bond motifs is 2. The second kappa shape index (κ2) is 13.7. The normalized spacial score (nSPS) is 13.8. The number of ether oxygens (including phenoxy) is 3. The van der Waals surface area contributed by atoms with Crippen molar-refractivity contribution in [1.29, 1.82) is 0 Å². The molecule has 1 fully saturated rings. The van der Waals surface area contributed by atoms with Crippen LogP contribution in [-0.2, 0) is 21.0 Å². The summed E-state index contributed by atoms with van der Waals surface area (Å²) in [6, 6.07) is 17.5. The van der Waals surface area contributed by atoms with Gasteiger partial charge in [-0.25, -0.2) is 4.79 Å². The molecule has 1 aliphatic heterocycles. The number of likely N-dealkylation sites (N-methyl/N-ethyl adjacent to an activating group) is 1. The molecular weight excluding hydrogens is 556 g/mol. The van der Waals surface area contributed by atoms with E-state index in [-0.39, 0.29) is 18.8 Å². The molecule has 1 aliphatic rings. The van der Waals surface area contributed by atoms with E-state index in [0.717, 1.165) is 55.9 Å². The van der Waals surface area contributed by atoms with Crippen LogP contribution in [0.1, 0.15) is 12.8 Å². The van der Waals surface area contributed by atoms with Gasteiger partial charge in [0, 0.05) is 61.1 Å². The number of thiophene rings is 1. The Morgan fingerprint density at radius 3 is 2.62 bits per heavy atom. The highest BCUT2D eigenvalue weighted by Crippen LogP contribution is 2.31. The minimum absolute atomic E-state index is 0.250. The number of hydrogen-bond donors (Lipinski definition) is 0. The van der Waals surface area contributed by atoms with E-state index < -0.39 is 12.1 Å². The third-order valence-corrected chi connectivity index (χ3v) is 8.39. The molecule has 0 spiro atoms. The van der Waals surface area contributed by atoms with E-state index in [9.17, 15) is 14.4 Å². The predicted octanol–water partition coefficient (Wildman–Crippen LogP) is 4.40. The van der Waals surface area contributed by atoms with E-state index in [4.69, 9.17) is 9.47 Å². The number of unbranched alkanes of at least 4 members (excludes halogenated alkanes) is 1. The third-order valence-electron chi connectivity index (χ3n) is 7.51. The van der Waals surface area contributed by atoms with Gasteiger partial charge in [0.15, 0.2) is 6.73 Å². The van der Waals surface area contributed by atoms with Gasteiger partial charge in [-0.05, 0) is 66.6 Å². The maximum Gasteiger partial charge on any atom is 0.411 e. The molecule has 1 amide bonds. The van der Waals surface area contributed by atoms with Gasteiger partial charge in [0.25, 0.3) is 5.56 Å². The van der Waals surface area contributed by atoms with Gasteiger partial charge in [0.2, 0.25) is 0 Å². The number of carbonyl (C=O) groups is 2. The van der Waals surface area contributed by atoms with Gasteiger partial charge in [-0.2, -0.15) is 0 Å². The lowest BCUT2D eigenvalue weighted by atomic mass is 10.2. The molecule has 0 radical (unpaired) electrons. The zero-order valence-electron chi connectivity index (χ0n) is 24.0. The maximum atomic E-state index is 12.6. The van der Waals surface area contributed by atoms with Crippen LogP contribution in [0.3, 0.4) is 0 Å². The molecule has 2 aromatic carbocycles. The number of aromatic nitrogens is 1. The van der Waals surface area contributed by atoms with Gasteiger partial charge < -0.3 is 24.0 Å². The fourth-order valence-corrected chi connectivity index (χ4v) is 5.94. The number of nitrogens with zero attached hydrogens (tertiary/aromatic N) is 4. The molecule has 5 rings (SSSR count). The molecule has 4 aromatic rings. The van der Waals surface area contributed by atoms with E-state index in [1.807, 2.05) is 12.1 Å². The van der Waals surface area contributed by atoms with Gasteiger partial charge in [0.05, 0.1) is 19.2 Å². The first-order chi connectivity index (χ1) is 20.4. The third kappa shape index (κ3) is 7.03. The summed E-state index contributed by atoms with van der Waals surface area (Å²) in [5, 5.41) is 4.33. The van der Waals surface area contributed by atoms with E-state index in [1.165, 1.54) is 40.6 Å². The minimum Gasteiger partial charge on any atom is -0.494 e. The van der Waals surface area contributed by atoms with Crippen LogP contribution >= 0.6 is 11.3 Å². The Morgan fingerprint density at radius 2 is 1.81 bits per heavy atom. The Morgan fingerprint density at radius 1 is 1.00 bits per heavy atom. The average Bonchev–Trinajstić information content (AvgIpc) is 3.50. The lowest BCUT2D eigenvalue weighted by molar-refractivity contribution is -0.141. The van der Waals surface area contributed by atoms with Crippen molar-refractivity contribution < 1.29 is 23.8 Å². The molecular formula is C31H36N4O6S. The number of anilines is 1. The van der Waals surface area contributed by atoms with Crippen LogP contribution < -0.4 is 15.2 Å². The highest BCUT2D eigenvalue weighted by atomic mass is 32.1. The highest BCUT2D eigenvalue weighted by Gasteiger charge is 2.19. The van der Waals surface area contributed by atoms with Crippen LogP contribution in [0.15, 0.2) is 64.8 Å². The van der Waals surface area contributed by atoms with Crippen LogP contribution in [0.25, 0.3) is 21.0 Å². The molecule has 0 atom stereocenters. The Labute approximate surface area is 248 Å². The first-order valence-corrected chi connectivity index (χ1v) is 15.0. The Kier molecular flexibility index (Phi) is 9.60. The van der Waals surface area contributed by atoms with E-state index >= 15 is 0 Å². The fourth-order valence-electron chi connectivity index (χ4n) is 5.14. The van der Waals surface area contributed by atoms with Gasteiger partial charge in [-0.1, -0.05) is 6.07 Å². The Hall–Kier alpha value is -4.09. The summed E-state index contributed by atoms with van der Waals surface area (Å²) in [7, 11) is 2.66. The summed E-state index contributed by atoms with van der Waals surface area (Å²) in [5.74, 6) is 0.0798. The van der Waals surface area contributed by atoms with Crippen molar-refractivity contribution >= 4 is 50.1 Å². The molecule has 10 nitrogen and oxygen atoms in total. The van der Waals surface area contributed by atoms with Crippen molar-refractivity contribution in [2.24, 2.45) is 0 Å². The smallest absolute Gasteiger partial charge is 0.411 e. The highest BCUT2D eigenvalue weighted by molar-refractivity contribution is 7.17. The zero-order valence-corrected chi connectivity index (χ0v) is 24.8. The molecule has 11 heteroatoms. The van der Waals surface area contributed by atoms with Gasteiger partial charge in [-0.15, -0.1) is 11.3 Å². The number of piperazine rings is 1. The number of esters is 1. The van der Waals surface area contributed by atoms with Gasteiger partial charge in [0.1, 0.15) is 12.3 Å². The molecule has 2 aromatic heterocycles. The molecule has 1 saturated heterocycles. The van der Waals surface area contributed by atoms with E-state index in [0.29, 0.717) is 17.9 Å². The Bertz CT molecular complexity index is 1590. The first kappa shape index (κ1) is 29.4. The van der Waals surface area contributed by atoms with E-state index in [2.05, 4.69) is 44.2 Å². The van der Waals surface area contributed by atoms with Crippen LogP contribution in [0, 0.1) is 0 Å². The molecule has 3 heterocycles. The molecule has 0 bridgehead atoms. The summed E-state index contributed by atoms with van der Waals surface area (Å²) in [5.41, 5.74) is 1.63. The number of hydrogen-bond acceptors (Lipinski definition) is 9. The van der Waals surface area contributed by atoms with Crippen LogP contribution in [0.5, 0.6) is 5.75 Å². The fraction of sp³-hybridized carbons (Fsp3) is 0.387. The number of rotatable bonds is 11. The summed E-state index contributed by atoms with van der Waals surface area (Å²) in [6.45, 7) is 5.21. The van der Waals surface area contributed by atoms with Crippen molar-refractivity contribution in [3.8, 4) is 5.75 Å². The molecule has 42 heavy (non-hydrogen) atoms. The van der Waals surface area contributed by atoms with Crippen molar-refractivity contribution in [2.75, 3.05) is 64.9 Å². The second-order valence-corrected chi connectivity index (χ2v) is 11.2. The second-order valence-electron chi connectivity index (χ2n) is 10.3. The number of carbonyl (C=O) groups excluding carboxylic acids is 2. The molecule has 0 unspecified atom stereocenters. The van der Waals surface area contributed by atoms with Crippen molar-refractivity contribution in [1.82, 2.24) is 14.4 Å². The SMILES string of the molecule is COC(=O)CN(C)C(=O)OCn1c(=O)ccc2ccc(OCCCCN3CCN(c4cccc5sccc45)CC3)cc21. The lowest BCUT2D eigenvalue weighted by Gasteiger charge is -2.36. The Balaban J connectivity index is 1.08. The van der Waals surface area contributed by atoms with Crippen molar-refractivity contribution in [2.45, 2.75) is 19.6 Å². The van der Waals surface area contributed by atoms with Crippen LogP contribution in [0.4, 0.5) is 10.5 Å². The summed E-state index contributed by atoms with van der Waals surface area (Å²) in [4.78, 5) is 42.4. The number of methoxy groups -OCH3 is 1. The van der Waals surface area contributed by atoms with Crippen molar-refractivity contribution in [3.63, 3.8) is 0 Å². The number of benzene rings is 2. The molecule has 222 valence electrons. The predicted molar refractivity (Wildman–Crippen MR) is 165 cm³/mol. The lowest BCUT2D eigenvalue weighted by Crippen LogP contribution is -2.46. The van der Waals surface area contributed by atoms with E-state index in [1.54, 1.807) is 23.5 Å². The maximum absolute atomic E-state index is 12.6. The van der Waals surface area contributed by atoms with Crippen LogP contribution in [-0.4, -0.2) is 86.5 Å². The van der Waals surface area contributed by atoms with Gasteiger partial charge in [-0.3, -0.25) is 19.1 Å². The topological polar surface area (TPSA) is 93.5 Å². The standard InChI is InChI=1S/C31H36N4O6S/c1-32(21-30(37)39-2)31(38)41-22-35-27-20-24(10-8-23(27)9-11-29(35)36)40-18-4-3-13-33-14-16-34(17-15-33)26-6-5-7-28-25(26)12-19-42-28/h5-12,19-20H,3-4,13-18,21-22H2,1-2H3. The molecule has 0 N–H and O–H groups in total. The minimum atomic E-state index is -0.738. The number of amides is 1. The number of pyridine rings is 1. The van der Waals surface area contributed by atoms with Gasteiger partial charge >= 0.3 is 12.1 Å². The summed E-state index contributed by atoms with van der Waals surface area (Å²) >= 11 is 1.79.